The molecule has 1 aromatic rings. The molecule has 5 nitrogen and oxygen atoms in total. The Morgan fingerprint density at radius 3 is 2.63 bits per heavy atom. The molecule has 2 N–H and O–H groups in total. The van der Waals surface area contributed by atoms with Gasteiger partial charge in [0.15, 0.2) is 0 Å². The van der Waals surface area contributed by atoms with Gasteiger partial charge in [0.05, 0.1) is 24.7 Å². The van der Waals surface area contributed by atoms with Crippen LogP contribution >= 0.6 is 0 Å². The number of hydrogen-bond acceptors (Lipinski definition) is 3. The fourth-order valence-corrected chi connectivity index (χ4v) is 1.49. The molecule has 5 heteroatoms. The van der Waals surface area contributed by atoms with Crippen LogP contribution in [-0.2, 0) is 9.53 Å². The zero-order valence-electron chi connectivity index (χ0n) is 11.4. The Bertz CT molecular complexity index is 469. The van der Waals surface area contributed by atoms with Crippen molar-refractivity contribution in [2.24, 2.45) is 0 Å². The topological polar surface area (TPSA) is 75.6 Å². The summed E-state index contributed by atoms with van der Waals surface area (Å²) in [5.74, 6) is -1.20. The summed E-state index contributed by atoms with van der Waals surface area (Å²) in [7, 11) is 0. The number of carbonyl (C=O) groups excluding carboxylic acids is 1. The molecule has 0 saturated heterocycles. The molecule has 0 aliphatic heterocycles. The number of aromatic carboxylic acids is 1. The highest BCUT2D eigenvalue weighted by Crippen LogP contribution is 2.17. The van der Waals surface area contributed by atoms with Crippen LogP contribution < -0.4 is 5.32 Å². The first kappa shape index (κ1) is 15.2. The van der Waals surface area contributed by atoms with Gasteiger partial charge in [0.25, 0.3) is 0 Å². The Kier molecular flexibility index (Phi) is 5.51. The number of carboxylic acid groups (broad SMARTS) is 1. The Hall–Kier alpha value is -1.88. The zero-order valence-corrected chi connectivity index (χ0v) is 11.4. The number of ether oxygens (including phenoxy) is 1. The van der Waals surface area contributed by atoms with Gasteiger partial charge in [-0.2, -0.15) is 0 Å². The van der Waals surface area contributed by atoms with Crippen molar-refractivity contribution in [1.29, 1.82) is 0 Å². The van der Waals surface area contributed by atoms with Crippen molar-refractivity contribution in [3.8, 4) is 0 Å². The minimum atomic E-state index is -1.02. The Morgan fingerprint density at radius 1 is 1.37 bits per heavy atom. The van der Waals surface area contributed by atoms with E-state index in [4.69, 9.17) is 9.84 Å². The molecule has 104 valence electrons. The molecule has 0 saturated carbocycles. The predicted molar refractivity (Wildman–Crippen MR) is 72.5 cm³/mol. The van der Waals surface area contributed by atoms with E-state index in [1.807, 2.05) is 20.8 Å². The number of nitrogens with one attached hydrogen (secondary N) is 1. The fraction of sp³-hybridized carbons (Fsp3) is 0.429. The van der Waals surface area contributed by atoms with Gasteiger partial charge in [-0.15, -0.1) is 0 Å². The maximum atomic E-state index is 11.7. The molecule has 1 amide bonds. The molecule has 0 bridgehead atoms. The van der Waals surface area contributed by atoms with Crippen molar-refractivity contribution in [3.63, 3.8) is 0 Å². The highest BCUT2D eigenvalue weighted by Gasteiger charge is 2.09. The Balaban J connectivity index is 2.63. The summed E-state index contributed by atoms with van der Waals surface area (Å²) < 4.78 is 5.29. The standard InChI is InChI=1S/C14H19NO4/c1-9(2)19-7-6-13(16)15-12-8-11(14(17)18)5-4-10(12)3/h4-5,8-9H,6-7H2,1-3H3,(H,15,16)(H,17,18). The van der Waals surface area contributed by atoms with Crippen molar-refractivity contribution in [3.05, 3.63) is 29.3 Å². The number of benzene rings is 1. The highest BCUT2D eigenvalue weighted by atomic mass is 16.5. The molecule has 0 aliphatic carbocycles. The summed E-state index contributed by atoms with van der Waals surface area (Å²) in [6.45, 7) is 5.96. The first-order valence-corrected chi connectivity index (χ1v) is 6.15. The number of rotatable bonds is 6. The van der Waals surface area contributed by atoms with Crippen molar-refractivity contribution in [1.82, 2.24) is 0 Å². The number of aryl methyl sites for hydroxylation is 1. The SMILES string of the molecule is Cc1ccc(C(=O)O)cc1NC(=O)CCOC(C)C. The van der Waals surface area contributed by atoms with Crippen molar-refractivity contribution in [2.45, 2.75) is 33.3 Å². The lowest BCUT2D eigenvalue weighted by molar-refractivity contribution is -0.117. The van der Waals surface area contributed by atoms with Crippen molar-refractivity contribution < 1.29 is 19.4 Å². The van der Waals surface area contributed by atoms with E-state index in [1.54, 1.807) is 6.07 Å². The van der Waals surface area contributed by atoms with Gasteiger partial charge in [0.1, 0.15) is 0 Å². The number of amides is 1. The van der Waals surface area contributed by atoms with E-state index in [9.17, 15) is 9.59 Å². The number of anilines is 1. The van der Waals surface area contributed by atoms with Crippen LogP contribution in [0.5, 0.6) is 0 Å². The van der Waals surface area contributed by atoms with Crippen LogP contribution in [0.3, 0.4) is 0 Å². The first-order chi connectivity index (χ1) is 8.90. The quantitative estimate of drug-likeness (QED) is 0.828. The van der Waals surface area contributed by atoms with E-state index in [2.05, 4.69) is 5.32 Å². The van der Waals surface area contributed by atoms with Crippen LogP contribution in [-0.4, -0.2) is 29.7 Å². The van der Waals surface area contributed by atoms with E-state index in [-0.39, 0.29) is 24.0 Å². The van der Waals surface area contributed by atoms with E-state index in [1.165, 1.54) is 12.1 Å². The number of carboxylic acids is 1. The van der Waals surface area contributed by atoms with E-state index in [0.29, 0.717) is 12.3 Å². The molecule has 0 aliphatic rings. The van der Waals surface area contributed by atoms with Crippen LogP contribution in [0.15, 0.2) is 18.2 Å². The average molecular weight is 265 g/mol. The van der Waals surface area contributed by atoms with Gasteiger partial charge in [0, 0.05) is 5.69 Å². The third-order valence-corrected chi connectivity index (χ3v) is 2.54. The van der Waals surface area contributed by atoms with Gasteiger partial charge >= 0.3 is 5.97 Å². The summed E-state index contributed by atoms with van der Waals surface area (Å²) in [5.41, 5.74) is 1.50. The summed E-state index contributed by atoms with van der Waals surface area (Å²) in [6, 6.07) is 4.64. The summed E-state index contributed by atoms with van der Waals surface area (Å²) in [4.78, 5) is 22.6. The minimum absolute atomic E-state index is 0.0878. The third kappa shape index (κ3) is 5.09. The molecule has 0 heterocycles. The van der Waals surface area contributed by atoms with Crippen LogP contribution in [0.1, 0.15) is 36.2 Å². The molecule has 0 unspecified atom stereocenters. The largest absolute Gasteiger partial charge is 0.478 e. The maximum Gasteiger partial charge on any atom is 0.335 e. The zero-order chi connectivity index (χ0) is 14.4. The lowest BCUT2D eigenvalue weighted by Gasteiger charge is -2.10. The van der Waals surface area contributed by atoms with Crippen LogP contribution in [0.4, 0.5) is 5.69 Å². The lowest BCUT2D eigenvalue weighted by atomic mass is 10.1. The minimum Gasteiger partial charge on any atom is -0.478 e. The Labute approximate surface area is 112 Å². The molecular weight excluding hydrogens is 246 g/mol. The molecule has 0 spiro atoms. The van der Waals surface area contributed by atoms with Gasteiger partial charge in [-0.05, 0) is 38.5 Å². The summed E-state index contributed by atoms with van der Waals surface area (Å²) in [5, 5.41) is 11.6. The second-order valence-electron chi connectivity index (χ2n) is 4.55. The van der Waals surface area contributed by atoms with Crippen molar-refractivity contribution in [2.75, 3.05) is 11.9 Å². The first-order valence-electron chi connectivity index (χ1n) is 6.15. The second-order valence-corrected chi connectivity index (χ2v) is 4.55. The lowest BCUT2D eigenvalue weighted by Crippen LogP contribution is -2.16. The molecule has 19 heavy (non-hydrogen) atoms. The van der Waals surface area contributed by atoms with Gasteiger partial charge in [-0.1, -0.05) is 6.07 Å². The molecule has 1 aromatic carbocycles. The monoisotopic (exact) mass is 265 g/mol. The Morgan fingerprint density at radius 2 is 2.05 bits per heavy atom. The van der Waals surface area contributed by atoms with Crippen LogP contribution in [0, 0.1) is 6.92 Å². The summed E-state index contributed by atoms with van der Waals surface area (Å²) >= 11 is 0. The normalized spacial score (nSPS) is 10.5. The molecular formula is C14H19NO4. The number of carbonyl (C=O) groups is 2. The third-order valence-electron chi connectivity index (χ3n) is 2.54. The number of hydrogen-bond donors (Lipinski definition) is 2. The molecule has 0 radical (unpaired) electrons. The smallest absolute Gasteiger partial charge is 0.335 e. The van der Waals surface area contributed by atoms with Crippen LogP contribution in [0.25, 0.3) is 0 Å². The average Bonchev–Trinajstić information content (AvgIpc) is 2.31. The van der Waals surface area contributed by atoms with Gasteiger partial charge in [0.2, 0.25) is 5.91 Å². The summed E-state index contributed by atoms with van der Waals surface area (Å²) in [6.07, 6.45) is 0.333. The molecule has 0 aromatic heterocycles. The van der Waals surface area contributed by atoms with Crippen LogP contribution in [0.2, 0.25) is 0 Å². The van der Waals surface area contributed by atoms with Crippen molar-refractivity contribution >= 4 is 17.6 Å². The van der Waals surface area contributed by atoms with E-state index < -0.39 is 5.97 Å². The van der Waals surface area contributed by atoms with Gasteiger partial charge in [-0.25, -0.2) is 4.79 Å². The van der Waals surface area contributed by atoms with Gasteiger partial charge < -0.3 is 15.2 Å². The van der Waals surface area contributed by atoms with Gasteiger partial charge in [-0.3, -0.25) is 4.79 Å². The molecule has 0 atom stereocenters. The maximum absolute atomic E-state index is 11.7. The fourth-order valence-electron chi connectivity index (χ4n) is 1.49. The van der Waals surface area contributed by atoms with E-state index in [0.717, 1.165) is 5.56 Å². The van der Waals surface area contributed by atoms with E-state index >= 15 is 0 Å². The second kappa shape index (κ2) is 6.89. The molecule has 1 rings (SSSR count). The predicted octanol–water partition coefficient (Wildman–Crippen LogP) is 2.45. The molecule has 0 fully saturated rings. The highest BCUT2D eigenvalue weighted by molar-refractivity contribution is 5.94.